The minimum absolute atomic E-state index is 0.0808. The maximum absolute atomic E-state index is 11.3. The third-order valence-corrected chi connectivity index (χ3v) is 5.04. The average Bonchev–Trinajstić information content (AvgIpc) is 2.54. The summed E-state index contributed by atoms with van der Waals surface area (Å²) in [5.41, 5.74) is 3.13. The van der Waals surface area contributed by atoms with Crippen LogP contribution in [0.1, 0.15) is 12.0 Å². The van der Waals surface area contributed by atoms with E-state index < -0.39 is 10.0 Å². The van der Waals surface area contributed by atoms with Crippen molar-refractivity contribution in [3.8, 4) is 0 Å². The van der Waals surface area contributed by atoms with Gasteiger partial charge in [-0.1, -0.05) is 18.2 Å². The Balaban J connectivity index is 1.78. The van der Waals surface area contributed by atoms with Gasteiger partial charge < -0.3 is 10.2 Å². The molecule has 3 N–H and O–H groups in total. The molecule has 0 spiro atoms. The number of aryl methyl sites for hydroxylation is 1. The van der Waals surface area contributed by atoms with Crippen LogP contribution in [0.15, 0.2) is 53.4 Å². The number of nitrogens with two attached hydrogens (primary N) is 1. The zero-order valence-corrected chi connectivity index (χ0v) is 14.0. The number of fused-ring (bicyclic) bond motifs is 1. The second kappa shape index (κ2) is 6.27. The molecule has 2 aromatic rings. The molecule has 1 aliphatic heterocycles. The number of sulfonamides is 1. The maximum atomic E-state index is 11.3. The minimum atomic E-state index is -3.68. The molecule has 0 radical (unpaired) electrons. The number of rotatable bonds is 2. The van der Waals surface area contributed by atoms with Crippen LogP contribution in [0, 0.1) is 0 Å². The van der Waals surface area contributed by atoms with Crippen molar-refractivity contribution in [3.63, 3.8) is 0 Å². The third kappa shape index (κ3) is 3.52. The molecule has 0 saturated heterocycles. The molecule has 3 rings (SSSR count). The first-order valence-corrected chi connectivity index (χ1v) is 9.20. The smallest absolute Gasteiger partial charge is 0.238 e. The second-order valence-corrected chi connectivity index (χ2v) is 7.33. The van der Waals surface area contributed by atoms with Crippen molar-refractivity contribution in [2.75, 3.05) is 16.8 Å². The molecule has 0 bridgehead atoms. The Kier molecular flexibility index (Phi) is 4.34. The van der Waals surface area contributed by atoms with Crippen LogP contribution in [0.5, 0.6) is 0 Å². The number of para-hydroxylation sites is 1. The number of hydrogen-bond acceptors (Lipinski definition) is 3. The highest BCUT2D eigenvalue weighted by molar-refractivity contribution is 7.89. The number of thiocarbonyl (C=S) groups is 1. The molecule has 0 unspecified atom stereocenters. The first-order valence-electron chi connectivity index (χ1n) is 7.24. The maximum Gasteiger partial charge on any atom is 0.238 e. The van der Waals surface area contributed by atoms with Gasteiger partial charge in [-0.2, -0.15) is 0 Å². The molecular formula is C16H17N3O2S2. The van der Waals surface area contributed by atoms with Crippen molar-refractivity contribution in [1.29, 1.82) is 0 Å². The van der Waals surface area contributed by atoms with Gasteiger partial charge in [0.15, 0.2) is 5.11 Å². The average molecular weight is 347 g/mol. The highest BCUT2D eigenvalue weighted by Crippen LogP contribution is 2.27. The van der Waals surface area contributed by atoms with Gasteiger partial charge in [-0.15, -0.1) is 0 Å². The summed E-state index contributed by atoms with van der Waals surface area (Å²) in [4.78, 5) is 2.15. The highest BCUT2D eigenvalue weighted by Gasteiger charge is 2.19. The molecule has 1 aliphatic rings. The number of nitrogens with one attached hydrogen (secondary N) is 1. The molecule has 0 aliphatic carbocycles. The van der Waals surface area contributed by atoms with Gasteiger partial charge in [0, 0.05) is 17.9 Å². The van der Waals surface area contributed by atoms with Gasteiger partial charge >= 0.3 is 0 Å². The van der Waals surface area contributed by atoms with Gasteiger partial charge in [-0.3, -0.25) is 0 Å². The lowest BCUT2D eigenvalue weighted by molar-refractivity contribution is 0.598. The van der Waals surface area contributed by atoms with Crippen molar-refractivity contribution < 1.29 is 8.42 Å². The molecule has 1 heterocycles. The molecule has 0 amide bonds. The summed E-state index contributed by atoms with van der Waals surface area (Å²) in [7, 11) is -3.68. The Morgan fingerprint density at radius 2 is 1.83 bits per heavy atom. The zero-order valence-electron chi connectivity index (χ0n) is 12.4. The Morgan fingerprint density at radius 1 is 1.13 bits per heavy atom. The van der Waals surface area contributed by atoms with Crippen molar-refractivity contribution in [2.45, 2.75) is 17.7 Å². The fourth-order valence-electron chi connectivity index (χ4n) is 2.66. The van der Waals surface area contributed by atoms with Crippen LogP contribution in [0.25, 0.3) is 0 Å². The quantitative estimate of drug-likeness (QED) is 0.817. The third-order valence-electron chi connectivity index (χ3n) is 3.79. The molecule has 0 saturated carbocycles. The van der Waals surface area contributed by atoms with E-state index in [1.165, 1.54) is 17.7 Å². The lowest BCUT2D eigenvalue weighted by Gasteiger charge is -2.31. The summed E-state index contributed by atoms with van der Waals surface area (Å²) in [5, 5.41) is 8.85. The molecule has 0 atom stereocenters. The van der Waals surface area contributed by atoms with E-state index in [0.29, 0.717) is 5.11 Å². The van der Waals surface area contributed by atoms with E-state index in [4.69, 9.17) is 17.4 Å². The van der Waals surface area contributed by atoms with Crippen LogP contribution in [-0.2, 0) is 16.4 Å². The molecule has 120 valence electrons. The van der Waals surface area contributed by atoms with Crippen molar-refractivity contribution in [2.24, 2.45) is 5.14 Å². The first-order chi connectivity index (χ1) is 10.9. The van der Waals surface area contributed by atoms with E-state index in [1.54, 1.807) is 12.1 Å². The topological polar surface area (TPSA) is 75.4 Å². The Labute approximate surface area is 141 Å². The monoisotopic (exact) mass is 347 g/mol. The minimum Gasteiger partial charge on any atom is -0.332 e. The van der Waals surface area contributed by atoms with Crippen LogP contribution in [0.2, 0.25) is 0 Å². The summed E-state index contributed by atoms with van der Waals surface area (Å²) < 4.78 is 22.5. The van der Waals surface area contributed by atoms with Crippen LogP contribution >= 0.6 is 12.2 Å². The number of primary sulfonamides is 1. The van der Waals surface area contributed by atoms with Gasteiger partial charge in [0.1, 0.15) is 0 Å². The number of nitrogens with zero attached hydrogens (tertiary/aromatic N) is 1. The number of anilines is 2. The lowest BCUT2D eigenvalue weighted by Crippen LogP contribution is -2.38. The van der Waals surface area contributed by atoms with Gasteiger partial charge in [-0.25, -0.2) is 13.6 Å². The lowest BCUT2D eigenvalue weighted by atomic mass is 10.0. The Bertz CT molecular complexity index is 833. The predicted octanol–water partition coefficient (Wildman–Crippen LogP) is 2.48. The van der Waals surface area contributed by atoms with E-state index in [0.717, 1.165) is 30.8 Å². The van der Waals surface area contributed by atoms with E-state index in [1.807, 2.05) is 12.1 Å². The van der Waals surface area contributed by atoms with E-state index in [2.05, 4.69) is 22.3 Å². The van der Waals surface area contributed by atoms with E-state index in [-0.39, 0.29) is 4.90 Å². The van der Waals surface area contributed by atoms with Crippen molar-refractivity contribution in [3.05, 3.63) is 54.1 Å². The van der Waals surface area contributed by atoms with Gasteiger partial charge in [-0.05, 0) is 61.0 Å². The van der Waals surface area contributed by atoms with E-state index in [9.17, 15) is 8.42 Å². The molecule has 0 aromatic heterocycles. The normalized spacial score (nSPS) is 14.2. The first kappa shape index (κ1) is 15.9. The fourth-order valence-corrected chi connectivity index (χ4v) is 3.49. The number of hydrogen-bond donors (Lipinski definition) is 2. The van der Waals surface area contributed by atoms with Crippen LogP contribution in [0.4, 0.5) is 11.4 Å². The van der Waals surface area contributed by atoms with E-state index >= 15 is 0 Å². The molecule has 0 fully saturated rings. The molecule has 7 heteroatoms. The highest BCUT2D eigenvalue weighted by atomic mass is 32.2. The largest absolute Gasteiger partial charge is 0.332 e. The van der Waals surface area contributed by atoms with Gasteiger partial charge in [0.25, 0.3) is 0 Å². The van der Waals surface area contributed by atoms with Crippen LogP contribution < -0.4 is 15.4 Å². The summed E-state index contributed by atoms with van der Waals surface area (Å²) in [6.07, 6.45) is 2.10. The summed E-state index contributed by atoms with van der Waals surface area (Å²) >= 11 is 5.51. The van der Waals surface area contributed by atoms with Crippen LogP contribution in [0.3, 0.4) is 0 Å². The van der Waals surface area contributed by atoms with Crippen LogP contribution in [-0.4, -0.2) is 20.1 Å². The molecule has 2 aromatic carbocycles. The summed E-state index contributed by atoms with van der Waals surface area (Å²) in [5.74, 6) is 0. The van der Waals surface area contributed by atoms with Gasteiger partial charge in [0.05, 0.1) is 4.90 Å². The Morgan fingerprint density at radius 3 is 2.52 bits per heavy atom. The SMILES string of the molecule is NS(=O)(=O)c1ccc(NC(=S)N2CCCc3ccccc32)cc1. The summed E-state index contributed by atoms with van der Waals surface area (Å²) in [6.45, 7) is 0.859. The van der Waals surface area contributed by atoms with Crippen molar-refractivity contribution >= 4 is 38.7 Å². The second-order valence-electron chi connectivity index (χ2n) is 5.38. The molecule has 23 heavy (non-hydrogen) atoms. The molecular weight excluding hydrogens is 330 g/mol. The Hall–Kier alpha value is -1.96. The fraction of sp³-hybridized carbons (Fsp3) is 0.188. The standard InChI is InChI=1S/C16H17N3O2S2/c17-23(20,21)14-9-7-13(8-10-14)18-16(22)19-11-3-5-12-4-1-2-6-15(12)19/h1-2,4,6-10H,3,5,11H2,(H,18,22)(H2,17,20,21). The van der Waals surface area contributed by atoms with Gasteiger partial charge in [0.2, 0.25) is 10.0 Å². The van der Waals surface area contributed by atoms with Crippen molar-refractivity contribution in [1.82, 2.24) is 0 Å². The molecule has 5 nitrogen and oxygen atoms in total. The summed E-state index contributed by atoms with van der Waals surface area (Å²) in [6, 6.07) is 14.4. The number of benzene rings is 2. The predicted molar refractivity (Wildman–Crippen MR) is 96.1 cm³/mol. The zero-order chi connectivity index (χ0) is 16.4.